The van der Waals surface area contributed by atoms with E-state index >= 15 is 0 Å². The summed E-state index contributed by atoms with van der Waals surface area (Å²) in [5.74, 6) is -0.174. The van der Waals surface area contributed by atoms with Gasteiger partial charge in [0.05, 0.1) is 16.2 Å². The summed E-state index contributed by atoms with van der Waals surface area (Å²) in [7, 11) is 0. The third-order valence-corrected chi connectivity index (χ3v) is 7.32. The van der Waals surface area contributed by atoms with Crippen LogP contribution in [-0.2, 0) is 9.59 Å². The summed E-state index contributed by atoms with van der Waals surface area (Å²) in [6.45, 7) is 2.77. The van der Waals surface area contributed by atoms with E-state index in [4.69, 9.17) is 12.2 Å². The molecule has 0 bridgehead atoms. The van der Waals surface area contributed by atoms with Gasteiger partial charge in [0.1, 0.15) is 4.32 Å². The first kappa shape index (κ1) is 19.2. The van der Waals surface area contributed by atoms with Crippen LogP contribution in [0.1, 0.15) is 51.0 Å². The highest BCUT2D eigenvalue weighted by atomic mass is 79.9. The van der Waals surface area contributed by atoms with Gasteiger partial charge < -0.3 is 4.90 Å². The topological polar surface area (TPSA) is 40.6 Å². The van der Waals surface area contributed by atoms with E-state index in [1.54, 1.807) is 4.90 Å². The van der Waals surface area contributed by atoms with Crippen molar-refractivity contribution in [3.05, 3.63) is 33.1 Å². The Morgan fingerprint density at radius 3 is 2.67 bits per heavy atom. The lowest BCUT2D eigenvalue weighted by molar-refractivity contribution is -0.123. The third-order valence-electron chi connectivity index (χ3n) is 5.43. The number of anilines is 1. The molecule has 0 unspecified atom stereocenters. The Bertz CT molecular complexity index is 862. The molecule has 1 aromatic carbocycles. The smallest absolute Gasteiger partial charge is 0.267 e. The molecule has 0 N–H and O–H groups in total. The number of unbranched alkanes of at least 4 members (excludes halogenated alkanes) is 1. The summed E-state index contributed by atoms with van der Waals surface area (Å²) in [6, 6.07) is 6.02. The number of rotatable bonds is 4. The molecule has 2 amide bonds. The molecule has 0 spiro atoms. The van der Waals surface area contributed by atoms with Crippen molar-refractivity contribution in [3.63, 3.8) is 0 Å². The van der Waals surface area contributed by atoms with Gasteiger partial charge in [-0.2, -0.15) is 0 Å². The minimum atomic E-state index is -0.0940. The predicted molar refractivity (Wildman–Crippen MR) is 118 cm³/mol. The van der Waals surface area contributed by atoms with Gasteiger partial charge in [-0.05, 0) is 37.5 Å². The first-order chi connectivity index (χ1) is 13.0. The fourth-order valence-electron chi connectivity index (χ4n) is 4.07. The molecule has 4 rings (SSSR count). The largest absolute Gasteiger partial charge is 0.308 e. The maximum Gasteiger partial charge on any atom is 0.267 e. The second kappa shape index (κ2) is 7.68. The Balaban J connectivity index is 1.78. The van der Waals surface area contributed by atoms with Crippen LogP contribution >= 0.6 is 39.9 Å². The van der Waals surface area contributed by atoms with Crippen LogP contribution in [0.4, 0.5) is 5.69 Å². The van der Waals surface area contributed by atoms with Crippen molar-refractivity contribution >= 4 is 67.3 Å². The maximum atomic E-state index is 13.3. The Kier molecular flexibility index (Phi) is 5.45. The lowest BCUT2D eigenvalue weighted by Crippen LogP contribution is -2.37. The van der Waals surface area contributed by atoms with Crippen molar-refractivity contribution in [3.8, 4) is 0 Å². The van der Waals surface area contributed by atoms with Crippen molar-refractivity contribution in [1.29, 1.82) is 0 Å². The second-order valence-corrected chi connectivity index (χ2v) is 9.72. The van der Waals surface area contributed by atoms with Gasteiger partial charge in [-0.15, -0.1) is 0 Å². The molecular formula is C20H21BrN2O2S2. The number of amides is 2. The van der Waals surface area contributed by atoms with Crippen molar-refractivity contribution < 1.29 is 9.59 Å². The van der Waals surface area contributed by atoms with Gasteiger partial charge in [0, 0.05) is 22.6 Å². The van der Waals surface area contributed by atoms with Gasteiger partial charge in [-0.1, -0.05) is 66.1 Å². The molecule has 1 saturated carbocycles. The fraction of sp³-hybridized carbons (Fsp3) is 0.450. The monoisotopic (exact) mass is 464 g/mol. The van der Waals surface area contributed by atoms with Crippen molar-refractivity contribution in [1.82, 2.24) is 4.90 Å². The van der Waals surface area contributed by atoms with Gasteiger partial charge in [0.15, 0.2) is 0 Å². The summed E-state index contributed by atoms with van der Waals surface area (Å²) in [4.78, 5) is 30.6. The molecule has 142 valence electrons. The molecule has 0 atom stereocenters. The lowest BCUT2D eigenvalue weighted by Gasteiger charge is -2.22. The van der Waals surface area contributed by atoms with E-state index in [-0.39, 0.29) is 17.9 Å². The van der Waals surface area contributed by atoms with E-state index in [1.165, 1.54) is 11.8 Å². The van der Waals surface area contributed by atoms with Gasteiger partial charge in [-0.3, -0.25) is 14.5 Å². The highest BCUT2D eigenvalue weighted by molar-refractivity contribution is 9.10. The molecule has 27 heavy (non-hydrogen) atoms. The number of thiocarbonyl (C=S) groups is 1. The summed E-state index contributed by atoms with van der Waals surface area (Å²) in [5, 5.41) is 0. The number of nitrogens with zero attached hydrogens (tertiary/aromatic N) is 2. The Morgan fingerprint density at radius 2 is 1.96 bits per heavy atom. The van der Waals surface area contributed by atoms with E-state index in [0.717, 1.165) is 54.2 Å². The molecule has 0 radical (unpaired) electrons. The Hall–Kier alpha value is -1.18. The molecule has 2 fully saturated rings. The lowest BCUT2D eigenvalue weighted by atomic mass is 10.1. The zero-order valence-electron chi connectivity index (χ0n) is 15.2. The van der Waals surface area contributed by atoms with Gasteiger partial charge >= 0.3 is 0 Å². The molecule has 0 aromatic heterocycles. The predicted octanol–water partition coefficient (Wildman–Crippen LogP) is 5.11. The van der Waals surface area contributed by atoms with Crippen molar-refractivity contribution in [2.45, 2.75) is 51.5 Å². The fourth-order valence-corrected chi connectivity index (χ4v) is 5.90. The SMILES string of the molecule is CCCCN1C(=O)C(=C2SC(=S)N(C3CCCC3)C2=O)c2cc(Br)ccc21. The van der Waals surface area contributed by atoms with Crippen LogP contribution in [-0.4, -0.2) is 33.6 Å². The van der Waals surface area contributed by atoms with E-state index < -0.39 is 0 Å². The van der Waals surface area contributed by atoms with Crippen LogP contribution in [0.2, 0.25) is 0 Å². The molecule has 4 nitrogen and oxygen atoms in total. The number of benzene rings is 1. The van der Waals surface area contributed by atoms with E-state index in [2.05, 4.69) is 22.9 Å². The number of hydrogen-bond donors (Lipinski definition) is 0. The second-order valence-electron chi connectivity index (χ2n) is 7.16. The third kappa shape index (κ3) is 3.28. The number of carbonyl (C=O) groups excluding carboxylic acids is 2. The summed E-state index contributed by atoms with van der Waals surface area (Å²) in [6.07, 6.45) is 6.19. The highest BCUT2D eigenvalue weighted by Gasteiger charge is 2.44. The Morgan fingerprint density at radius 1 is 1.22 bits per heavy atom. The van der Waals surface area contributed by atoms with Gasteiger partial charge in [0.2, 0.25) is 0 Å². The van der Waals surface area contributed by atoms with Crippen LogP contribution in [0, 0.1) is 0 Å². The average molecular weight is 465 g/mol. The molecule has 1 aliphatic carbocycles. The zero-order valence-corrected chi connectivity index (χ0v) is 18.4. The minimum Gasteiger partial charge on any atom is -0.308 e. The van der Waals surface area contributed by atoms with Crippen LogP contribution in [0.5, 0.6) is 0 Å². The molecule has 7 heteroatoms. The van der Waals surface area contributed by atoms with Gasteiger partial charge in [0.25, 0.3) is 11.8 Å². The van der Waals surface area contributed by atoms with Crippen LogP contribution in [0.25, 0.3) is 5.57 Å². The van der Waals surface area contributed by atoms with Crippen molar-refractivity contribution in [2.75, 3.05) is 11.4 Å². The molecule has 1 saturated heterocycles. The van der Waals surface area contributed by atoms with E-state index in [0.29, 0.717) is 21.3 Å². The molecular weight excluding hydrogens is 444 g/mol. The average Bonchev–Trinajstić information content (AvgIpc) is 3.31. The number of carbonyl (C=O) groups is 2. The van der Waals surface area contributed by atoms with Crippen LogP contribution in [0.3, 0.4) is 0 Å². The molecule has 2 heterocycles. The standard InChI is InChI=1S/C20H21BrN2O2S2/c1-2-3-10-22-15-9-8-12(21)11-14(15)16(18(22)24)17-19(25)23(20(26)27-17)13-6-4-5-7-13/h8-9,11,13H,2-7,10H2,1H3. The van der Waals surface area contributed by atoms with E-state index in [1.807, 2.05) is 23.1 Å². The number of hydrogen-bond acceptors (Lipinski definition) is 4. The van der Waals surface area contributed by atoms with Crippen LogP contribution in [0.15, 0.2) is 27.6 Å². The summed E-state index contributed by atoms with van der Waals surface area (Å²) in [5.41, 5.74) is 2.23. The molecule has 3 aliphatic rings. The summed E-state index contributed by atoms with van der Waals surface area (Å²) < 4.78 is 1.49. The molecule has 1 aromatic rings. The number of thioether (sulfide) groups is 1. The van der Waals surface area contributed by atoms with E-state index in [9.17, 15) is 9.59 Å². The van der Waals surface area contributed by atoms with Gasteiger partial charge in [-0.25, -0.2) is 0 Å². The zero-order chi connectivity index (χ0) is 19.1. The van der Waals surface area contributed by atoms with Crippen molar-refractivity contribution in [2.24, 2.45) is 0 Å². The van der Waals surface area contributed by atoms with Crippen LogP contribution < -0.4 is 4.90 Å². The molecule has 2 aliphatic heterocycles. The minimum absolute atomic E-state index is 0.0801. The summed E-state index contributed by atoms with van der Waals surface area (Å²) >= 11 is 10.3. The number of fused-ring (bicyclic) bond motifs is 1. The Labute approximate surface area is 177 Å². The highest BCUT2D eigenvalue weighted by Crippen LogP contribution is 2.46. The number of halogens is 1. The quantitative estimate of drug-likeness (QED) is 0.458. The normalized spacial score (nSPS) is 23.1. The maximum absolute atomic E-state index is 13.3. The first-order valence-corrected chi connectivity index (χ1v) is 11.5. The first-order valence-electron chi connectivity index (χ1n) is 9.44.